The maximum absolute atomic E-state index is 12.5. The van der Waals surface area contributed by atoms with Crippen LogP contribution in [0.25, 0.3) is 0 Å². The molecule has 1 N–H and O–H groups in total. The van der Waals surface area contributed by atoms with Crippen molar-refractivity contribution >= 4 is 0 Å². The number of aliphatic hydroxyl groups is 1. The van der Waals surface area contributed by atoms with Gasteiger partial charge in [0.2, 0.25) is 0 Å². The van der Waals surface area contributed by atoms with Gasteiger partial charge in [0, 0.05) is 6.54 Å². The van der Waals surface area contributed by atoms with Gasteiger partial charge < -0.3 is 5.11 Å². The smallest absolute Gasteiger partial charge is 0.0633 e. The summed E-state index contributed by atoms with van der Waals surface area (Å²) in [5.74, 6) is 0. The van der Waals surface area contributed by atoms with E-state index in [2.05, 4.69) is 0 Å². The highest BCUT2D eigenvalue weighted by Crippen LogP contribution is 2.15. The fourth-order valence-corrected chi connectivity index (χ4v) is 1.15. The van der Waals surface area contributed by atoms with Gasteiger partial charge in [0.05, 0.1) is 12.6 Å². The normalized spacial score (nSPS) is 30.7. The van der Waals surface area contributed by atoms with Gasteiger partial charge in [0.1, 0.15) is 0 Å². The monoisotopic (exact) mass is 133 g/mol. The minimum Gasteiger partial charge on any atom is -0.395 e. The summed E-state index contributed by atoms with van der Waals surface area (Å²) in [5.41, 5.74) is 0. The molecule has 3 heteroatoms. The molecule has 1 unspecified atom stereocenters. The molecule has 0 radical (unpaired) electrons. The van der Waals surface area contributed by atoms with E-state index in [-0.39, 0.29) is 12.6 Å². The Balaban J connectivity index is 2.30. The van der Waals surface area contributed by atoms with Crippen molar-refractivity contribution in [2.45, 2.75) is 25.3 Å². The predicted molar refractivity (Wildman–Crippen MR) is 32.5 cm³/mol. The summed E-state index contributed by atoms with van der Waals surface area (Å²) >= 11 is 0. The third-order valence-corrected chi connectivity index (χ3v) is 1.77. The minimum absolute atomic E-state index is 0.0451. The summed E-state index contributed by atoms with van der Waals surface area (Å²) in [7, 11) is 0. The Morgan fingerprint density at radius 2 is 2.33 bits per heavy atom. The molecule has 2 nitrogen and oxygen atoms in total. The van der Waals surface area contributed by atoms with Gasteiger partial charge in [-0.15, -0.1) is 9.60 Å². The predicted octanol–water partition coefficient (Wildman–Crippen LogP) is 0.718. The molecule has 1 heterocycles. The molecule has 54 valence electrons. The van der Waals surface area contributed by atoms with Crippen molar-refractivity contribution < 1.29 is 9.59 Å². The van der Waals surface area contributed by atoms with Crippen LogP contribution in [0.5, 0.6) is 0 Å². The van der Waals surface area contributed by atoms with Crippen LogP contribution in [0.1, 0.15) is 19.3 Å². The lowest BCUT2D eigenvalue weighted by Gasteiger charge is -2.25. The third kappa shape index (κ3) is 1.63. The lowest BCUT2D eigenvalue weighted by atomic mass is 10.1. The van der Waals surface area contributed by atoms with Gasteiger partial charge in [-0.05, 0) is 12.8 Å². The molecule has 1 aliphatic rings. The summed E-state index contributed by atoms with van der Waals surface area (Å²) < 4.78 is 12.5. The van der Waals surface area contributed by atoms with E-state index in [4.69, 9.17) is 5.11 Å². The van der Waals surface area contributed by atoms with E-state index in [9.17, 15) is 4.48 Å². The van der Waals surface area contributed by atoms with Crippen molar-refractivity contribution in [1.29, 1.82) is 0 Å². The van der Waals surface area contributed by atoms with Crippen LogP contribution in [0.3, 0.4) is 0 Å². The van der Waals surface area contributed by atoms with Gasteiger partial charge >= 0.3 is 0 Å². The van der Waals surface area contributed by atoms with Crippen molar-refractivity contribution in [3.05, 3.63) is 0 Å². The Morgan fingerprint density at radius 1 is 1.56 bits per heavy atom. The summed E-state index contributed by atoms with van der Waals surface area (Å²) in [6.45, 7) is 0.446. The fraction of sp³-hybridized carbons (Fsp3) is 1.00. The van der Waals surface area contributed by atoms with E-state index < -0.39 is 0 Å². The molecular weight excluding hydrogens is 121 g/mol. The molecule has 9 heavy (non-hydrogen) atoms. The van der Waals surface area contributed by atoms with Crippen LogP contribution in [0.15, 0.2) is 0 Å². The van der Waals surface area contributed by atoms with Crippen LogP contribution >= 0.6 is 0 Å². The average Bonchev–Trinajstić information content (AvgIpc) is 1.89. The first-order valence-electron chi connectivity index (χ1n) is 3.38. The van der Waals surface area contributed by atoms with E-state index in [0.717, 1.165) is 24.4 Å². The second-order valence-corrected chi connectivity index (χ2v) is 2.46. The maximum atomic E-state index is 12.5. The number of rotatable bonds is 1. The van der Waals surface area contributed by atoms with Crippen LogP contribution in [0.4, 0.5) is 4.48 Å². The molecule has 0 aromatic carbocycles. The SMILES string of the molecule is OCC1CCCCN1F. The van der Waals surface area contributed by atoms with Crippen molar-refractivity contribution in [2.75, 3.05) is 13.2 Å². The lowest BCUT2D eigenvalue weighted by Crippen LogP contribution is -2.35. The van der Waals surface area contributed by atoms with Crippen LogP contribution in [-0.2, 0) is 0 Å². The molecule has 1 atom stereocenters. The Hall–Kier alpha value is -0.150. The summed E-state index contributed by atoms with van der Waals surface area (Å²) in [6, 6.07) is -0.223. The highest BCUT2D eigenvalue weighted by atomic mass is 19.2. The molecule has 1 aliphatic heterocycles. The largest absolute Gasteiger partial charge is 0.395 e. The summed E-state index contributed by atoms with van der Waals surface area (Å²) in [4.78, 5) is 0. The molecule has 0 aliphatic carbocycles. The molecule has 0 spiro atoms. The zero-order valence-electron chi connectivity index (χ0n) is 5.39. The van der Waals surface area contributed by atoms with Crippen LogP contribution in [-0.4, -0.2) is 29.4 Å². The number of hydrogen-bond donors (Lipinski definition) is 1. The molecule has 0 aromatic rings. The minimum atomic E-state index is -0.223. The van der Waals surface area contributed by atoms with Gasteiger partial charge in [0.25, 0.3) is 0 Å². The summed E-state index contributed by atoms with van der Waals surface area (Å²) in [6.07, 6.45) is 2.77. The number of aliphatic hydroxyl groups excluding tert-OH is 1. The average molecular weight is 133 g/mol. The fourth-order valence-electron chi connectivity index (χ4n) is 1.15. The Bertz CT molecular complexity index is 89.1. The Kier molecular flexibility index (Phi) is 2.42. The quantitative estimate of drug-likeness (QED) is 0.533. The molecular formula is C6H12FNO. The number of hydrogen-bond acceptors (Lipinski definition) is 2. The molecule has 1 rings (SSSR count). The zero-order chi connectivity index (χ0) is 6.69. The van der Waals surface area contributed by atoms with Gasteiger partial charge in [-0.3, -0.25) is 0 Å². The van der Waals surface area contributed by atoms with Crippen molar-refractivity contribution in [3.63, 3.8) is 0 Å². The molecule has 0 aromatic heterocycles. The standard InChI is InChI=1S/C6H12FNO/c7-8-4-2-1-3-6(8)5-9/h6,9H,1-5H2. The van der Waals surface area contributed by atoms with Gasteiger partial charge in [-0.25, -0.2) is 0 Å². The van der Waals surface area contributed by atoms with Crippen LogP contribution < -0.4 is 0 Å². The maximum Gasteiger partial charge on any atom is 0.0633 e. The number of nitrogens with zero attached hydrogens (tertiary/aromatic N) is 1. The van der Waals surface area contributed by atoms with E-state index in [0.29, 0.717) is 6.54 Å². The first kappa shape index (κ1) is 6.96. The molecule has 0 amide bonds. The highest BCUT2D eigenvalue weighted by molar-refractivity contribution is 4.69. The molecule has 0 bridgehead atoms. The van der Waals surface area contributed by atoms with Crippen LogP contribution in [0, 0.1) is 0 Å². The zero-order valence-corrected chi connectivity index (χ0v) is 5.39. The van der Waals surface area contributed by atoms with Crippen molar-refractivity contribution in [3.8, 4) is 0 Å². The molecule has 0 saturated carbocycles. The van der Waals surface area contributed by atoms with E-state index in [1.54, 1.807) is 0 Å². The highest BCUT2D eigenvalue weighted by Gasteiger charge is 2.20. The number of piperidine rings is 1. The van der Waals surface area contributed by atoms with Crippen LogP contribution in [0.2, 0.25) is 0 Å². The van der Waals surface area contributed by atoms with E-state index >= 15 is 0 Å². The van der Waals surface area contributed by atoms with E-state index in [1.807, 2.05) is 0 Å². The van der Waals surface area contributed by atoms with Crippen molar-refractivity contribution in [2.24, 2.45) is 0 Å². The van der Waals surface area contributed by atoms with Gasteiger partial charge in [-0.2, -0.15) is 0 Å². The first-order chi connectivity index (χ1) is 4.34. The second kappa shape index (κ2) is 3.13. The first-order valence-corrected chi connectivity index (χ1v) is 3.38. The second-order valence-electron chi connectivity index (χ2n) is 2.46. The Labute approximate surface area is 54.2 Å². The Morgan fingerprint density at radius 3 is 2.78 bits per heavy atom. The third-order valence-electron chi connectivity index (χ3n) is 1.77. The lowest BCUT2D eigenvalue weighted by molar-refractivity contribution is -0.0627. The topological polar surface area (TPSA) is 23.5 Å². The van der Waals surface area contributed by atoms with Crippen molar-refractivity contribution in [1.82, 2.24) is 5.12 Å². The summed E-state index contributed by atoms with van der Waals surface area (Å²) in [5, 5.41) is 9.32. The van der Waals surface area contributed by atoms with Gasteiger partial charge in [0.15, 0.2) is 0 Å². The van der Waals surface area contributed by atoms with Gasteiger partial charge in [-0.1, -0.05) is 6.42 Å². The van der Waals surface area contributed by atoms with E-state index in [1.165, 1.54) is 0 Å². The number of halogens is 1. The molecule has 1 saturated heterocycles. The molecule has 1 fully saturated rings.